The summed E-state index contributed by atoms with van der Waals surface area (Å²) in [6.45, 7) is 1.90. The lowest BCUT2D eigenvalue weighted by molar-refractivity contribution is 0.304. The van der Waals surface area contributed by atoms with Crippen LogP contribution in [0.2, 0.25) is 10.0 Å². The standard InChI is InChI=1S/C16H17Cl2N7O/c1-23-6-12-14(24(2)8-23)20-16(19)25(12)7-13-21-22-15(26-13)9-3-4-10(17)11(18)5-9/h3-5H,6-8H2,1-2H3,(H2,19,20). The van der Waals surface area contributed by atoms with E-state index >= 15 is 0 Å². The second-order valence-electron chi connectivity index (χ2n) is 6.31. The summed E-state index contributed by atoms with van der Waals surface area (Å²) in [6, 6.07) is 5.17. The first kappa shape index (κ1) is 17.1. The Labute approximate surface area is 160 Å². The van der Waals surface area contributed by atoms with Gasteiger partial charge in [0.15, 0.2) is 5.82 Å². The molecular weight excluding hydrogens is 377 g/mol. The summed E-state index contributed by atoms with van der Waals surface area (Å²) in [5, 5.41) is 9.13. The SMILES string of the molecule is CN1Cc2c(nc(N)n2Cc2nnc(-c3ccc(Cl)c(Cl)c3)o2)N(C)C1. The van der Waals surface area contributed by atoms with Crippen LogP contribution in [0.5, 0.6) is 0 Å². The van der Waals surface area contributed by atoms with E-state index in [-0.39, 0.29) is 0 Å². The van der Waals surface area contributed by atoms with Crippen LogP contribution in [0.4, 0.5) is 11.8 Å². The summed E-state index contributed by atoms with van der Waals surface area (Å²) in [5.74, 6) is 2.12. The minimum absolute atomic E-state index is 0.351. The number of fused-ring (bicyclic) bond motifs is 1. The first-order valence-electron chi connectivity index (χ1n) is 7.94. The van der Waals surface area contributed by atoms with Gasteiger partial charge in [-0.3, -0.25) is 4.90 Å². The highest BCUT2D eigenvalue weighted by Gasteiger charge is 2.26. The van der Waals surface area contributed by atoms with Crippen molar-refractivity contribution in [3.8, 4) is 11.5 Å². The Bertz CT molecular complexity index is 968. The molecule has 0 saturated carbocycles. The maximum atomic E-state index is 6.12. The van der Waals surface area contributed by atoms with Crippen molar-refractivity contribution in [2.45, 2.75) is 13.1 Å². The second kappa shape index (κ2) is 6.46. The summed E-state index contributed by atoms with van der Waals surface area (Å²) in [7, 11) is 4.03. The van der Waals surface area contributed by atoms with Crippen LogP contribution >= 0.6 is 23.2 Å². The topological polar surface area (TPSA) is 89.2 Å². The summed E-state index contributed by atoms with van der Waals surface area (Å²) in [5.41, 5.74) is 7.84. The number of rotatable bonds is 3. The Hall–Kier alpha value is -2.29. The molecule has 10 heteroatoms. The van der Waals surface area contributed by atoms with Crippen LogP contribution < -0.4 is 10.6 Å². The van der Waals surface area contributed by atoms with Gasteiger partial charge in [-0.25, -0.2) is 0 Å². The van der Waals surface area contributed by atoms with Crippen molar-refractivity contribution in [2.24, 2.45) is 0 Å². The second-order valence-corrected chi connectivity index (χ2v) is 7.12. The molecule has 136 valence electrons. The highest BCUT2D eigenvalue weighted by Crippen LogP contribution is 2.30. The van der Waals surface area contributed by atoms with Gasteiger partial charge in [0.1, 0.15) is 6.54 Å². The lowest BCUT2D eigenvalue weighted by Crippen LogP contribution is -2.38. The monoisotopic (exact) mass is 393 g/mol. The number of hydrogen-bond donors (Lipinski definition) is 1. The van der Waals surface area contributed by atoms with Gasteiger partial charge in [0.05, 0.1) is 22.4 Å². The molecule has 2 N–H and O–H groups in total. The first-order chi connectivity index (χ1) is 12.4. The number of nitrogens with zero attached hydrogens (tertiary/aromatic N) is 6. The molecule has 0 saturated heterocycles. The summed E-state index contributed by atoms with van der Waals surface area (Å²) in [4.78, 5) is 8.70. The van der Waals surface area contributed by atoms with Crippen LogP contribution in [0, 0.1) is 0 Å². The Morgan fingerprint density at radius 3 is 2.77 bits per heavy atom. The van der Waals surface area contributed by atoms with Gasteiger partial charge in [-0.15, -0.1) is 10.2 Å². The van der Waals surface area contributed by atoms with Crippen molar-refractivity contribution in [1.29, 1.82) is 0 Å². The van der Waals surface area contributed by atoms with Crippen LogP contribution in [-0.2, 0) is 13.1 Å². The van der Waals surface area contributed by atoms with Crippen molar-refractivity contribution in [3.05, 3.63) is 39.8 Å². The minimum atomic E-state index is 0.351. The predicted molar refractivity (Wildman–Crippen MR) is 100 cm³/mol. The number of halogens is 2. The molecule has 26 heavy (non-hydrogen) atoms. The molecule has 0 spiro atoms. The van der Waals surface area contributed by atoms with Crippen LogP contribution in [0.15, 0.2) is 22.6 Å². The number of nitrogen functional groups attached to an aromatic ring is 1. The fourth-order valence-corrected chi connectivity index (χ4v) is 3.36. The third kappa shape index (κ3) is 3.00. The van der Waals surface area contributed by atoms with Crippen molar-refractivity contribution < 1.29 is 4.42 Å². The van der Waals surface area contributed by atoms with Crippen LogP contribution in [0.1, 0.15) is 11.6 Å². The molecule has 0 radical (unpaired) electrons. The Kier molecular flexibility index (Phi) is 4.26. The van der Waals surface area contributed by atoms with Crippen molar-refractivity contribution in [3.63, 3.8) is 0 Å². The van der Waals surface area contributed by atoms with Gasteiger partial charge < -0.3 is 19.6 Å². The van der Waals surface area contributed by atoms with Gasteiger partial charge in [0.2, 0.25) is 17.7 Å². The number of nitrogens with two attached hydrogens (primary N) is 1. The summed E-state index contributed by atoms with van der Waals surface area (Å²) < 4.78 is 7.68. The lowest BCUT2D eigenvalue weighted by atomic mass is 10.2. The zero-order valence-corrected chi connectivity index (χ0v) is 15.8. The molecule has 3 heterocycles. The molecule has 4 rings (SSSR count). The van der Waals surface area contributed by atoms with Crippen molar-refractivity contribution in [2.75, 3.05) is 31.4 Å². The van der Waals surface area contributed by atoms with E-state index in [1.807, 2.05) is 18.7 Å². The zero-order chi connectivity index (χ0) is 18.4. The van der Waals surface area contributed by atoms with Crippen LogP contribution in [-0.4, -0.2) is 45.4 Å². The molecule has 8 nitrogen and oxygen atoms in total. The van der Waals surface area contributed by atoms with Gasteiger partial charge in [0.25, 0.3) is 0 Å². The van der Waals surface area contributed by atoms with Crippen LogP contribution in [0.3, 0.4) is 0 Å². The Morgan fingerprint density at radius 2 is 2.00 bits per heavy atom. The van der Waals surface area contributed by atoms with Gasteiger partial charge in [0, 0.05) is 19.2 Å². The number of benzene rings is 1. The van der Waals surface area contributed by atoms with Gasteiger partial charge in [-0.2, -0.15) is 4.98 Å². The molecule has 2 aromatic heterocycles. The van der Waals surface area contributed by atoms with E-state index in [2.05, 4.69) is 25.0 Å². The summed E-state index contributed by atoms with van der Waals surface area (Å²) >= 11 is 12.0. The van der Waals surface area contributed by atoms with Gasteiger partial charge in [-0.05, 0) is 25.2 Å². The molecule has 1 aliphatic heterocycles. The number of anilines is 2. The third-order valence-corrected chi connectivity index (χ3v) is 4.98. The van der Waals surface area contributed by atoms with E-state index in [0.717, 1.165) is 24.7 Å². The van der Waals surface area contributed by atoms with Crippen LogP contribution in [0.25, 0.3) is 11.5 Å². The van der Waals surface area contributed by atoms with E-state index < -0.39 is 0 Å². The van der Waals surface area contributed by atoms with E-state index in [1.54, 1.807) is 18.2 Å². The molecule has 0 atom stereocenters. The van der Waals surface area contributed by atoms with Crippen molar-refractivity contribution >= 4 is 35.0 Å². The maximum Gasteiger partial charge on any atom is 0.247 e. The molecule has 0 amide bonds. The fourth-order valence-electron chi connectivity index (χ4n) is 3.06. The summed E-state index contributed by atoms with van der Waals surface area (Å²) in [6.07, 6.45) is 0. The molecule has 0 aliphatic carbocycles. The zero-order valence-electron chi connectivity index (χ0n) is 14.3. The van der Waals surface area contributed by atoms with E-state index in [4.69, 9.17) is 33.4 Å². The normalized spacial score (nSPS) is 14.7. The molecule has 0 fully saturated rings. The largest absolute Gasteiger partial charge is 0.419 e. The average Bonchev–Trinajstić information content (AvgIpc) is 3.17. The predicted octanol–water partition coefficient (Wildman–Crippen LogP) is 2.71. The number of hydrogen-bond acceptors (Lipinski definition) is 7. The maximum absolute atomic E-state index is 6.12. The molecule has 3 aromatic rings. The quantitative estimate of drug-likeness (QED) is 0.731. The number of aromatic nitrogens is 4. The van der Waals surface area contributed by atoms with E-state index in [1.165, 1.54) is 0 Å². The third-order valence-electron chi connectivity index (χ3n) is 4.24. The molecule has 1 aliphatic rings. The van der Waals surface area contributed by atoms with E-state index in [0.29, 0.717) is 39.9 Å². The molecule has 0 bridgehead atoms. The first-order valence-corrected chi connectivity index (χ1v) is 8.70. The smallest absolute Gasteiger partial charge is 0.247 e. The van der Waals surface area contributed by atoms with Crippen molar-refractivity contribution in [1.82, 2.24) is 24.6 Å². The molecule has 0 unspecified atom stereocenters. The fraction of sp³-hybridized carbons (Fsp3) is 0.312. The Balaban J connectivity index is 1.63. The number of imidazole rings is 1. The van der Waals surface area contributed by atoms with Gasteiger partial charge >= 0.3 is 0 Å². The van der Waals surface area contributed by atoms with E-state index in [9.17, 15) is 0 Å². The average molecular weight is 394 g/mol. The highest BCUT2D eigenvalue weighted by atomic mass is 35.5. The Morgan fingerprint density at radius 1 is 1.19 bits per heavy atom. The lowest BCUT2D eigenvalue weighted by Gasteiger charge is -2.31. The minimum Gasteiger partial charge on any atom is -0.419 e. The molecular formula is C16H17Cl2N7O. The van der Waals surface area contributed by atoms with Gasteiger partial charge in [-0.1, -0.05) is 23.2 Å². The highest BCUT2D eigenvalue weighted by molar-refractivity contribution is 6.42. The molecule has 1 aromatic carbocycles.